The van der Waals surface area contributed by atoms with Crippen molar-refractivity contribution in [1.82, 2.24) is 0 Å². The van der Waals surface area contributed by atoms with Crippen molar-refractivity contribution >= 4 is 11.9 Å². The van der Waals surface area contributed by atoms with Gasteiger partial charge in [-0.25, -0.2) is 10.4 Å². The van der Waals surface area contributed by atoms with Gasteiger partial charge in [0.25, 0.3) is 0 Å². The van der Waals surface area contributed by atoms with Crippen LogP contribution in [0.15, 0.2) is 20.9 Å². The summed E-state index contributed by atoms with van der Waals surface area (Å²) < 4.78 is 5.10. The molecule has 2 atom stereocenters. The Morgan fingerprint density at radius 3 is 2.14 bits per heavy atom. The third-order valence-electron chi connectivity index (χ3n) is 4.60. The molecule has 14 heteroatoms. The Labute approximate surface area is 231 Å². The first kappa shape index (κ1) is 40.8. The molecule has 1 aliphatic heterocycles. The number of esters is 1. The van der Waals surface area contributed by atoms with Crippen molar-refractivity contribution in [2.24, 2.45) is 26.7 Å². The molecule has 0 aliphatic carbocycles. The van der Waals surface area contributed by atoms with E-state index in [4.69, 9.17) is 20.2 Å². The molecule has 6 N–H and O–H groups in total. The number of aliphatic hydroxyl groups is 2. The number of aliphatic hydroxyl groups excluding tert-OH is 2. The van der Waals surface area contributed by atoms with E-state index >= 15 is 0 Å². The minimum Gasteiger partial charge on any atom is -0.481 e. The molecule has 0 aromatic rings. The molecule has 0 bridgehead atoms. The van der Waals surface area contributed by atoms with Crippen LogP contribution in [0.5, 0.6) is 0 Å². The van der Waals surface area contributed by atoms with Crippen molar-refractivity contribution in [2.45, 2.75) is 116 Å². The molecule has 1 heterocycles. The second-order valence-electron chi connectivity index (χ2n) is 7.41. The van der Waals surface area contributed by atoms with E-state index in [1.54, 1.807) is 0 Å². The van der Waals surface area contributed by atoms with Gasteiger partial charge < -0.3 is 31.1 Å². The average molecular weight is 517 g/mol. The third kappa shape index (κ3) is 37.3. The zero-order valence-corrected chi connectivity index (χ0v) is 23.9. The number of rotatable bonds is 15. The Morgan fingerprint density at radius 2 is 1.69 bits per heavy atom. The van der Waals surface area contributed by atoms with E-state index in [9.17, 15) is 14.7 Å². The van der Waals surface area contributed by atoms with E-state index in [2.05, 4.69) is 46.2 Å². The van der Waals surface area contributed by atoms with Crippen LogP contribution >= 0.6 is 0 Å². The number of unbranched alkanes of at least 4 members (excludes halogenated alkanes) is 6. The van der Waals surface area contributed by atoms with Crippen LogP contribution in [-0.2, 0) is 14.3 Å². The van der Waals surface area contributed by atoms with E-state index in [1.165, 1.54) is 38.5 Å². The van der Waals surface area contributed by atoms with Crippen molar-refractivity contribution in [3.63, 3.8) is 0 Å². The van der Waals surface area contributed by atoms with Gasteiger partial charge in [0.1, 0.15) is 6.10 Å². The molecule has 2 unspecified atom stereocenters. The van der Waals surface area contributed by atoms with Crippen LogP contribution < -0.4 is 35.4 Å². The number of hydrogen-bond acceptors (Lipinski definition) is 8. The number of carbonyl (C=O) groups excluding carboxylic acids is 1. The summed E-state index contributed by atoms with van der Waals surface area (Å²) in [6.45, 7) is 4.34. The quantitative estimate of drug-likeness (QED) is 0.0539. The number of aliphatic carboxylic acids is 1. The molecule has 0 spiro atoms. The number of cyclic esters (lactones) is 1. The molecule has 0 aromatic heterocycles. The second kappa shape index (κ2) is 34.8. The van der Waals surface area contributed by atoms with Gasteiger partial charge in [-0.1, -0.05) is 64.0 Å². The summed E-state index contributed by atoms with van der Waals surface area (Å²) in [6.07, 6.45) is 13.3. The van der Waals surface area contributed by atoms with Crippen LogP contribution in [0.3, 0.4) is 0 Å². The number of carbonyl (C=O) groups is 2. The average Bonchev–Trinajstić information content (AvgIpc) is 3.26. The zero-order valence-electron chi connectivity index (χ0n) is 21.9. The van der Waals surface area contributed by atoms with Gasteiger partial charge in [-0.3, -0.25) is 15.2 Å². The Balaban J connectivity index is -0.000000203. The summed E-state index contributed by atoms with van der Waals surface area (Å²) in [5.41, 5.74) is 2.22. The standard InChI is InChI=1S/C10H20O3.C10H18O2.CH4O.H3N6O.Na/c1-2-3-4-5-6-9(11)7-8-10(12)13;1-2-3-4-5-6-9-7-8-10(11)12-9;1-2;1-2-3-4-5-6-7;/h9,11H,2-8H2,1H3,(H,12,13);9H,2-8H2,1H3;2H,1H3;(H3-,1,2,3,4,5,6,7);/q;;;-1;+1. The summed E-state index contributed by atoms with van der Waals surface area (Å²) in [7, 11) is 1.00. The SMILES string of the molecule is CCCCCCC(O)CCC(=O)O.CCCCCCC1CCC(=O)O1.CO.N/N=N/N=N/[N-]O.[Na+]. The Kier molecular flexibility index (Phi) is 40.5. The fraction of sp³-hybridized carbons (Fsp3) is 0.905. The van der Waals surface area contributed by atoms with Gasteiger partial charge in [-0.05, 0) is 32.1 Å². The van der Waals surface area contributed by atoms with E-state index in [0.717, 1.165) is 39.2 Å². The molecule has 1 saturated heterocycles. The third-order valence-corrected chi connectivity index (χ3v) is 4.60. The fourth-order valence-electron chi connectivity index (χ4n) is 2.88. The first-order valence-electron chi connectivity index (χ1n) is 11.8. The van der Waals surface area contributed by atoms with Crippen molar-refractivity contribution in [3.8, 4) is 0 Å². The van der Waals surface area contributed by atoms with Gasteiger partial charge in [0.05, 0.1) is 6.10 Å². The maximum atomic E-state index is 10.7. The Hall–Kier alpha value is -1.38. The summed E-state index contributed by atoms with van der Waals surface area (Å²) in [4.78, 5) is 20.9. The number of carboxylic acid groups (broad SMARTS) is 1. The topological polar surface area (TPSA) is 214 Å². The van der Waals surface area contributed by atoms with Crippen LogP contribution in [0.4, 0.5) is 0 Å². The van der Waals surface area contributed by atoms with Gasteiger partial charge in [-0.15, -0.1) is 5.22 Å². The molecule has 1 fully saturated rings. The van der Waals surface area contributed by atoms with Crippen molar-refractivity contribution in [3.05, 3.63) is 5.59 Å². The van der Waals surface area contributed by atoms with Crippen molar-refractivity contribution in [1.29, 1.82) is 0 Å². The zero-order chi connectivity index (χ0) is 26.5. The van der Waals surface area contributed by atoms with Crippen LogP contribution in [-0.4, -0.2) is 51.8 Å². The predicted octanol–water partition coefficient (Wildman–Crippen LogP) is 1.81. The van der Waals surface area contributed by atoms with Crippen LogP contribution in [0.25, 0.3) is 5.59 Å². The van der Waals surface area contributed by atoms with Crippen LogP contribution in [0, 0.1) is 0 Å². The fourth-order valence-corrected chi connectivity index (χ4v) is 2.88. The molecule has 202 valence electrons. The normalized spacial score (nSPS) is 14.9. The van der Waals surface area contributed by atoms with Crippen LogP contribution in [0.2, 0.25) is 0 Å². The first-order chi connectivity index (χ1) is 16.4. The number of carboxylic acids is 1. The maximum Gasteiger partial charge on any atom is 1.00 e. The molecule has 0 aromatic carbocycles. The molecular weight excluding hydrogens is 471 g/mol. The minimum atomic E-state index is -0.826. The van der Waals surface area contributed by atoms with E-state index in [0.29, 0.717) is 12.8 Å². The Morgan fingerprint density at radius 1 is 1.09 bits per heavy atom. The summed E-state index contributed by atoms with van der Waals surface area (Å²) in [5, 5.41) is 43.0. The van der Waals surface area contributed by atoms with Gasteiger partial charge in [-0.2, -0.15) is 0 Å². The van der Waals surface area contributed by atoms with Gasteiger partial charge >= 0.3 is 41.5 Å². The number of ether oxygens (including phenoxy) is 1. The molecule has 13 nitrogen and oxygen atoms in total. The number of nitrogens with two attached hydrogens (primary N) is 1. The second-order valence-corrected chi connectivity index (χ2v) is 7.41. The van der Waals surface area contributed by atoms with Gasteiger partial charge in [0.2, 0.25) is 0 Å². The molecule has 0 amide bonds. The summed E-state index contributed by atoms with van der Waals surface area (Å²) in [5.74, 6) is 3.62. The Bertz CT molecular complexity index is 517. The smallest absolute Gasteiger partial charge is 0.481 e. The van der Waals surface area contributed by atoms with Gasteiger partial charge in [0, 0.05) is 20.0 Å². The number of hydrogen-bond donors (Lipinski definition) is 5. The summed E-state index contributed by atoms with van der Waals surface area (Å²) >= 11 is 0. The van der Waals surface area contributed by atoms with Crippen LogP contribution in [0.1, 0.15) is 104 Å². The number of nitrogens with zero attached hydrogens (tertiary/aromatic N) is 5. The monoisotopic (exact) mass is 516 g/mol. The van der Waals surface area contributed by atoms with E-state index in [1.807, 2.05) is 0 Å². The molecular formula is C21H45N6NaO7. The molecule has 1 aliphatic rings. The molecule has 1 rings (SSSR count). The predicted molar refractivity (Wildman–Crippen MR) is 127 cm³/mol. The molecule has 0 radical (unpaired) electrons. The van der Waals surface area contributed by atoms with Crippen molar-refractivity contribution in [2.75, 3.05) is 7.11 Å². The van der Waals surface area contributed by atoms with E-state index < -0.39 is 12.1 Å². The molecule has 0 saturated carbocycles. The summed E-state index contributed by atoms with van der Waals surface area (Å²) in [6, 6.07) is 0. The molecule has 35 heavy (non-hydrogen) atoms. The maximum absolute atomic E-state index is 10.7. The van der Waals surface area contributed by atoms with Gasteiger partial charge in [0.15, 0.2) is 0 Å². The first-order valence-corrected chi connectivity index (χ1v) is 11.8. The van der Waals surface area contributed by atoms with E-state index in [-0.39, 0.29) is 48.1 Å². The minimum absolute atomic E-state index is 0. The van der Waals surface area contributed by atoms with Crippen molar-refractivity contribution < 1.29 is 64.4 Å². The largest absolute Gasteiger partial charge is 1.00 e.